The van der Waals surface area contributed by atoms with Crippen LogP contribution < -0.4 is 10.2 Å². The van der Waals surface area contributed by atoms with Crippen molar-refractivity contribution in [1.29, 1.82) is 0 Å². The van der Waals surface area contributed by atoms with Gasteiger partial charge in [-0.15, -0.1) is 0 Å². The summed E-state index contributed by atoms with van der Waals surface area (Å²) in [6.45, 7) is 1.51. The molecule has 2 aromatic rings. The summed E-state index contributed by atoms with van der Waals surface area (Å²) in [6.07, 6.45) is 0. The van der Waals surface area contributed by atoms with Gasteiger partial charge in [-0.05, 0) is 35.0 Å². The van der Waals surface area contributed by atoms with Gasteiger partial charge in [0.05, 0.1) is 0 Å². The number of nitrogens with zero attached hydrogens (tertiary/aromatic N) is 1. The number of carbonyl (C=O) groups excluding carboxylic acids is 1. The molecule has 0 unspecified atom stereocenters. The molecule has 2 aromatic carbocycles. The SMILES string of the molecule is CC(=O)Nc1ccc2cc(N(C)C)ccc2c1. The maximum Gasteiger partial charge on any atom is 0.221 e. The Morgan fingerprint density at radius 3 is 2.35 bits per heavy atom. The first kappa shape index (κ1) is 11.5. The molecule has 3 nitrogen and oxygen atoms in total. The third-order valence-electron chi connectivity index (χ3n) is 2.66. The highest BCUT2D eigenvalue weighted by molar-refractivity contribution is 5.94. The lowest BCUT2D eigenvalue weighted by atomic mass is 10.1. The fourth-order valence-electron chi connectivity index (χ4n) is 1.79. The zero-order chi connectivity index (χ0) is 12.4. The Hall–Kier alpha value is -2.03. The highest BCUT2D eigenvalue weighted by Gasteiger charge is 2.00. The standard InChI is InChI=1S/C14H16N2O/c1-10(17)15-13-6-4-12-9-14(16(2)3)7-5-11(12)8-13/h4-9H,1-3H3,(H,15,17). The topological polar surface area (TPSA) is 32.3 Å². The number of benzene rings is 2. The van der Waals surface area contributed by atoms with E-state index >= 15 is 0 Å². The highest BCUT2D eigenvalue weighted by Crippen LogP contribution is 2.23. The lowest BCUT2D eigenvalue weighted by Gasteiger charge is -2.13. The molecule has 0 saturated heterocycles. The number of hydrogen-bond acceptors (Lipinski definition) is 2. The van der Waals surface area contributed by atoms with Crippen LogP contribution in [0.1, 0.15) is 6.92 Å². The predicted molar refractivity (Wildman–Crippen MR) is 72.6 cm³/mol. The molecule has 0 spiro atoms. The van der Waals surface area contributed by atoms with Gasteiger partial charge in [-0.2, -0.15) is 0 Å². The molecule has 0 aliphatic carbocycles. The van der Waals surface area contributed by atoms with Crippen LogP contribution in [0.2, 0.25) is 0 Å². The van der Waals surface area contributed by atoms with Gasteiger partial charge in [0.1, 0.15) is 0 Å². The second kappa shape index (κ2) is 4.45. The van der Waals surface area contributed by atoms with Gasteiger partial charge in [-0.25, -0.2) is 0 Å². The Morgan fingerprint density at radius 1 is 1.06 bits per heavy atom. The van der Waals surface area contributed by atoms with E-state index in [9.17, 15) is 4.79 Å². The van der Waals surface area contributed by atoms with Crippen molar-refractivity contribution in [3.8, 4) is 0 Å². The van der Waals surface area contributed by atoms with Crippen molar-refractivity contribution in [2.45, 2.75) is 6.92 Å². The van der Waals surface area contributed by atoms with Crippen molar-refractivity contribution in [2.24, 2.45) is 0 Å². The first-order valence-electron chi connectivity index (χ1n) is 5.55. The van der Waals surface area contributed by atoms with Crippen molar-refractivity contribution in [2.75, 3.05) is 24.3 Å². The van der Waals surface area contributed by atoms with Crippen LogP contribution in [0.5, 0.6) is 0 Å². The van der Waals surface area contributed by atoms with Crippen molar-refractivity contribution < 1.29 is 4.79 Å². The molecule has 0 heterocycles. The Kier molecular flexibility index (Phi) is 3.00. The molecule has 88 valence electrons. The largest absolute Gasteiger partial charge is 0.378 e. The van der Waals surface area contributed by atoms with Crippen molar-refractivity contribution >= 4 is 28.1 Å². The Morgan fingerprint density at radius 2 is 1.71 bits per heavy atom. The van der Waals surface area contributed by atoms with Crippen LogP contribution in [-0.4, -0.2) is 20.0 Å². The lowest BCUT2D eigenvalue weighted by molar-refractivity contribution is -0.114. The summed E-state index contributed by atoms with van der Waals surface area (Å²) >= 11 is 0. The van der Waals surface area contributed by atoms with E-state index in [1.165, 1.54) is 18.0 Å². The van der Waals surface area contributed by atoms with Crippen molar-refractivity contribution in [3.63, 3.8) is 0 Å². The van der Waals surface area contributed by atoms with E-state index in [-0.39, 0.29) is 5.91 Å². The van der Waals surface area contributed by atoms with E-state index in [0.29, 0.717) is 0 Å². The third kappa shape index (κ3) is 2.56. The summed E-state index contributed by atoms with van der Waals surface area (Å²) < 4.78 is 0. The zero-order valence-corrected chi connectivity index (χ0v) is 10.3. The molecule has 3 heteroatoms. The fourth-order valence-corrected chi connectivity index (χ4v) is 1.79. The maximum absolute atomic E-state index is 11.0. The van der Waals surface area contributed by atoms with Crippen LogP contribution in [0.4, 0.5) is 11.4 Å². The second-order valence-electron chi connectivity index (χ2n) is 4.32. The summed E-state index contributed by atoms with van der Waals surface area (Å²) in [7, 11) is 4.04. The first-order chi connectivity index (χ1) is 8.06. The Bertz CT molecular complexity index is 561. The van der Waals surface area contributed by atoms with Crippen LogP contribution in [0.3, 0.4) is 0 Å². The molecule has 0 aromatic heterocycles. The van der Waals surface area contributed by atoms with Crippen LogP contribution in [0, 0.1) is 0 Å². The van der Waals surface area contributed by atoms with Gasteiger partial charge in [-0.1, -0.05) is 12.1 Å². The molecule has 0 saturated carbocycles. The number of fused-ring (bicyclic) bond motifs is 1. The van der Waals surface area contributed by atoms with E-state index in [2.05, 4.69) is 28.4 Å². The molecule has 1 N–H and O–H groups in total. The number of amides is 1. The molecule has 0 aliphatic heterocycles. The van der Waals surface area contributed by atoms with Crippen LogP contribution in [0.25, 0.3) is 10.8 Å². The summed E-state index contributed by atoms with van der Waals surface area (Å²) in [5.74, 6) is -0.0470. The Balaban J connectivity index is 2.43. The predicted octanol–water partition coefficient (Wildman–Crippen LogP) is 2.86. The van der Waals surface area contributed by atoms with Gasteiger partial charge in [-0.3, -0.25) is 4.79 Å². The quantitative estimate of drug-likeness (QED) is 0.857. The minimum Gasteiger partial charge on any atom is -0.378 e. The van der Waals surface area contributed by atoms with E-state index in [0.717, 1.165) is 11.1 Å². The minimum atomic E-state index is -0.0470. The summed E-state index contributed by atoms with van der Waals surface area (Å²) in [6, 6.07) is 12.2. The summed E-state index contributed by atoms with van der Waals surface area (Å²) in [5, 5.41) is 5.08. The molecule has 0 aliphatic rings. The second-order valence-corrected chi connectivity index (χ2v) is 4.32. The molecule has 17 heavy (non-hydrogen) atoms. The van der Waals surface area contributed by atoms with Gasteiger partial charge >= 0.3 is 0 Å². The third-order valence-corrected chi connectivity index (χ3v) is 2.66. The summed E-state index contributed by atoms with van der Waals surface area (Å²) in [4.78, 5) is 13.0. The Labute approximate surface area is 101 Å². The van der Waals surface area contributed by atoms with Crippen molar-refractivity contribution in [1.82, 2.24) is 0 Å². The molecule has 1 amide bonds. The van der Waals surface area contributed by atoms with E-state index in [4.69, 9.17) is 0 Å². The van der Waals surface area contributed by atoms with Gasteiger partial charge < -0.3 is 10.2 Å². The molecular weight excluding hydrogens is 212 g/mol. The number of rotatable bonds is 2. The van der Waals surface area contributed by atoms with Gasteiger partial charge in [0.25, 0.3) is 0 Å². The van der Waals surface area contributed by atoms with Crippen molar-refractivity contribution in [3.05, 3.63) is 36.4 Å². The first-order valence-corrected chi connectivity index (χ1v) is 5.55. The number of carbonyl (C=O) groups is 1. The molecule has 0 atom stereocenters. The number of anilines is 2. The molecule has 2 rings (SSSR count). The molecular formula is C14H16N2O. The number of hydrogen-bond donors (Lipinski definition) is 1. The van der Waals surface area contributed by atoms with E-state index in [1.807, 2.05) is 32.3 Å². The van der Waals surface area contributed by atoms with Crippen LogP contribution >= 0.6 is 0 Å². The van der Waals surface area contributed by atoms with E-state index in [1.54, 1.807) is 0 Å². The fraction of sp³-hybridized carbons (Fsp3) is 0.214. The average Bonchev–Trinajstić information content (AvgIpc) is 2.27. The van der Waals surface area contributed by atoms with Gasteiger partial charge in [0, 0.05) is 32.4 Å². The summed E-state index contributed by atoms with van der Waals surface area (Å²) in [5.41, 5.74) is 2.01. The van der Waals surface area contributed by atoms with E-state index < -0.39 is 0 Å². The maximum atomic E-state index is 11.0. The van der Waals surface area contributed by atoms with Gasteiger partial charge in [0.15, 0.2) is 0 Å². The van der Waals surface area contributed by atoms with Gasteiger partial charge in [0.2, 0.25) is 5.91 Å². The lowest BCUT2D eigenvalue weighted by Crippen LogP contribution is -2.08. The molecule has 0 fully saturated rings. The monoisotopic (exact) mass is 228 g/mol. The smallest absolute Gasteiger partial charge is 0.221 e. The molecule has 0 bridgehead atoms. The zero-order valence-electron chi connectivity index (χ0n) is 10.3. The normalized spacial score (nSPS) is 10.3. The van der Waals surface area contributed by atoms with Crippen LogP contribution in [-0.2, 0) is 4.79 Å². The minimum absolute atomic E-state index is 0.0470. The molecule has 0 radical (unpaired) electrons. The van der Waals surface area contributed by atoms with Crippen LogP contribution in [0.15, 0.2) is 36.4 Å². The number of nitrogens with one attached hydrogen (secondary N) is 1. The highest BCUT2D eigenvalue weighted by atomic mass is 16.1. The average molecular weight is 228 g/mol.